The highest BCUT2D eigenvalue weighted by atomic mass is 32.2. The Balaban J connectivity index is 0.00000282. The zero-order chi connectivity index (χ0) is 34.2. The fourth-order valence-corrected chi connectivity index (χ4v) is 5.42. The van der Waals surface area contributed by atoms with Gasteiger partial charge in [0, 0.05) is 18.5 Å². The van der Waals surface area contributed by atoms with Crippen LogP contribution in [0, 0.1) is 5.82 Å². The van der Waals surface area contributed by atoms with Gasteiger partial charge in [-0.15, -0.1) is 0 Å². The number of sulfone groups is 1. The van der Waals surface area contributed by atoms with Gasteiger partial charge in [-0.05, 0) is 67.9 Å². The zero-order valence-electron chi connectivity index (χ0n) is 26.1. The van der Waals surface area contributed by atoms with Gasteiger partial charge in [-0.2, -0.15) is 13.2 Å². The minimum absolute atomic E-state index is 0.0442. The van der Waals surface area contributed by atoms with Gasteiger partial charge in [0.2, 0.25) is 5.91 Å². The number of ether oxygens (including phenoxy) is 1. The Kier molecular flexibility index (Phi) is 12.0. The molecule has 0 aliphatic rings. The van der Waals surface area contributed by atoms with Crippen LogP contribution in [0.4, 0.5) is 17.6 Å². The second-order valence-corrected chi connectivity index (χ2v) is 12.4. The van der Waals surface area contributed by atoms with Gasteiger partial charge < -0.3 is 9.64 Å². The maximum Gasteiger partial charge on any atom is 0.419 e. The summed E-state index contributed by atoms with van der Waals surface area (Å²) in [6.07, 6.45) is -4.14. The number of pyridine rings is 1. The Morgan fingerprint density at radius 3 is 2.35 bits per heavy atom. The van der Waals surface area contributed by atoms with Crippen molar-refractivity contribution in [2.75, 3.05) is 24.7 Å². The van der Waals surface area contributed by atoms with Crippen LogP contribution in [0.2, 0.25) is 0 Å². The molecule has 2 heterocycles. The van der Waals surface area contributed by atoms with Gasteiger partial charge in [0.25, 0.3) is 5.56 Å². The van der Waals surface area contributed by atoms with E-state index in [-0.39, 0.29) is 34.7 Å². The molecule has 1 amide bonds. The number of fused-ring (bicyclic) bond motifs is 1. The van der Waals surface area contributed by atoms with E-state index in [2.05, 4.69) is 9.97 Å². The number of carbonyl (C=O) groups excluding carboxylic acids is 1. The molecule has 0 saturated heterocycles. The fraction of sp³-hybridized carbons (Fsp3) is 0.375. The molecule has 0 saturated carbocycles. The summed E-state index contributed by atoms with van der Waals surface area (Å²) in [4.78, 5) is 37.4. The first kappa shape index (κ1) is 36.1. The van der Waals surface area contributed by atoms with Crippen molar-refractivity contribution in [2.45, 2.75) is 53.3 Å². The van der Waals surface area contributed by atoms with Crippen molar-refractivity contribution >= 4 is 26.8 Å². The van der Waals surface area contributed by atoms with E-state index in [0.29, 0.717) is 30.2 Å². The molecule has 0 bridgehead atoms. The van der Waals surface area contributed by atoms with Gasteiger partial charge in [0.05, 0.1) is 41.5 Å². The molecule has 0 aliphatic carbocycles. The Hall–Kier alpha value is -4.33. The van der Waals surface area contributed by atoms with Crippen molar-refractivity contribution in [3.05, 3.63) is 93.9 Å². The Morgan fingerprint density at radius 2 is 1.74 bits per heavy atom. The molecule has 0 aliphatic heterocycles. The van der Waals surface area contributed by atoms with E-state index < -0.39 is 57.1 Å². The smallest absolute Gasteiger partial charge is 0.419 e. The van der Waals surface area contributed by atoms with Gasteiger partial charge in [-0.3, -0.25) is 14.2 Å². The van der Waals surface area contributed by atoms with Crippen LogP contribution in [0.5, 0.6) is 5.75 Å². The molecule has 14 heteroatoms. The van der Waals surface area contributed by atoms with Gasteiger partial charge in [0.15, 0.2) is 15.5 Å². The molecule has 0 spiro atoms. The zero-order valence-corrected chi connectivity index (χ0v) is 27.0. The van der Waals surface area contributed by atoms with Crippen LogP contribution in [0.1, 0.15) is 57.6 Å². The van der Waals surface area contributed by atoms with Crippen LogP contribution in [-0.2, 0) is 27.2 Å². The first-order chi connectivity index (χ1) is 21.8. The van der Waals surface area contributed by atoms with Crippen molar-refractivity contribution in [3.63, 3.8) is 0 Å². The molecule has 1 unspecified atom stereocenters. The van der Waals surface area contributed by atoms with E-state index in [1.807, 2.05) is 20.8 Å². The van der Waals surface area contributed by atoms with E-state index in [1.54, 1.807) is 36.4 Å². The Labute approximate surface area is 264 Å². The summed E-state index contributed by atoms with van der Waals surface area (Å²) in [6.45, 7) is 8.87. The lowest BCUT2D eigenvalue weighted by atomic mass is 10.1. The first-order valence-corrected chi connectivity index (χ1v) is 16.5. The highest BCUT2D eigenvalue weighted by molar-refractivity contribution is 7.91. The molecule has 2 aromatic heterocycles. The number of nitrogens with zero attached hydrogens (tertiary/aromatic N) is 4. The van der Waals surface area contributed by atoms with Crippen molar-refractivity contribution < 1.29 is 35.5 Å². The summed E-state index contributed by atoms with van der Waals surface area (Å²) in [5, 5.41) is 0.190. The maximum atomic E-state index is 13.9. The van der Waals surface area contributed by atoms with Crippen LogP contribution in [0.3, 0.4) is 0 Å². The number of hydrogen-bond acceptors (Lipinski definition) is 7. The quantitative estimate of drug-likeness (QED) is 0.183. The molecule has 0 fully saturated rings. The second-order valence-electron chi connectivity index (χ2n) is 9.90. The maximum absolute atomic E-state index is 13.9. The van der Waals surface area contributed by atoms with Crippen molar-refractivity contribution in [2.24, 2.45) is 0 Å². The molecule has 46 heavy (non-hydrogen) atoms. The summed E-state index contributed by atoms with van der Waals surface area (Å²) >= 11 is 0. The summed E-state index contributed by atoms with van der Waals surface area (Å²) in [6, 6.07) is 10.8. The number of carbonyl (C=O) groups is 1. The standard InChI is InChI=1S/C30H30F4N4O5S.C2H6/c1-4-43-22-11-9-21(10-12-22)38-28(36-27-23(29(38)40)7-6-14-35-27)19(3)37(15-16-44(41,42)5-2)26(39)18-20-8-13-25(31)24(17-20)30(32,33)34;1-2/h6-14,17,19H,4-5,15-16,18H2,1-3H3;1-2H3. The lowest BCUT2D eigenvalue weighted by Crippen LogP contribution is -2.41. The number of rotatable bonds is 11. The van der Waals surface area contributed by atoms with E-state index in [0.717, 1.165) is 11.0 Å². The summed E-state index contributed by atoms with van der Waals surface area (Å²) in [7, 11) is -3.59. The molecule has 248 valence electrons. The van der Waals surface area contributed by atoms with E-state index in [9.17, 15) is 35.6 Å². The lowest BCUT2D eigenvalue weighted by Gasteiger charge is -2.30. The van der Waals surface area contributed by atoms with Crippen LogP contribution < -0.4 is 10.3 Å². The number of hydrogen-bond donors (Lipinski definition) is 0. The van der Waals surface area contributed by atoms with Gasteiger partial charge >= 0.3 is 6.18 Å². The normalized spacial score (nSPS) is 12.3. The van der Waals surface area contributed by atoms with Gasteiger partial charge in [0.1, 0.15) is 17.4 Å². The molecule has 1 atom stereocenters. The third-order valence-electron chi connectivity index (χ3n) is 7.01. The number of alkyl halides is 3. The molecular formula is C32H36F4N4O5S. The number of benzene rings is 2. The highest BCUT2D eigenvalue weighted by Gasteiger charge is 2.35. The summed E-state index contributed by atoms with van der Waals surface area (Å²) < 4.78 is 85.6. The first-order valence-electron chi connectivity index (χ1n) is 14.7. The third-order valence-corrected chi connectivity index (χ3v) is 8.70. The van der Waals surface area contributed by atoms with Gasteiger partial charge in [-0.25, -0.2) is 22.8 Å². The largest absolute Gasteiger partial charge is 0.494 e. The minimum atomic E-state index is -4.98. The van der Waals surface area contributed by atoms with E-state index >= 15 is 0 Å². The minimum Gasteiger partial charge on any atom is -0.494 e. The van der Waals surface area contributed by atoms with E-state index in [1.165, 1.54) is 24.6 Å². The molecule has 0 radical (unpaired) electrons. The number of amides is 1. The topological polar surface area (TPSA) is 111 Å². The number of aromatic nitrogens is 3. The van der Waals surface area contributed by atoms with Crippen molar-refractivity contribution in [3.8, 4) is 11.4 Å². The van der Waals surface area contributed by atoms with Crippen LogP contribution in [0.15, 0.2) is 65.6 Å². The fourth-order valence-electron chi connectivity index (χ4n) is 4.66. The lowest BCUT2D eigenvalue weighted by molar-refractivity contribution is -0.140. The average Bonchev–Trinajstić information content (AvgIpc) is 3.03. The van der Waals surface area contributed by atoms with Crippen LogP contribution in [-0.4, -0.2) is 58.4 Å². The van der Waals surface area contributed by atoms with Crippen LogP contribution in [0.25, 0.3) is 16.7 Å². The van der Waals surface area contributed by atoms with Gasteiger partial charge in [-0.1, -0.05) is 26.8 Å². The highest BCUT2D eigenvalue weighted by Crippen LogP contribution is 2.32. The van der Waals surface area contributed by atoms with Crippen LogP contribution >= 0.6 is 0 Å². The van der Waals surface area contributed by atoms with Crippen molar-refractivity contribution in [1.82, 2.24) is 19.4 Å². The molecule has 4 rings (SSSR count). The average molecular weight is 665 g/mol. The summed E-state index contributed by atoms with van der Waals surface area (Å²) in [5.74, 6) is -2.30. The Bertz CT molecular complexity index is 1830. The predicted octanol–water partition coefficient (Wildman–Crippen LogP) is 5.93. The summed E-state index contributed by atoms with van der Waals surface area (Å²) in [5.41, 5.74) is -1.70. The number of halogens is 4. The molecule has 9 nitrogen and oxygen atoms in total. The van der Waals surface area contributed by atoms with Crippen molar-refractivity contribution in [1.29, 1.82) is 0 Å². The third kappa shape index (κ3) is 8.47. The molecular weight excluding hydrogens is 628 g/mol. The molecule has 4 aromatic rings. The predicted molar refractivity (Wildman–Crippen MR) is 167 cm³/mol. The Morgan fingerprint density at radius 1 is 1.07 bits per heavy atom. The molecule has 2 aromatic carbocycles. The SMILES string of the molecule is CC.CCOc1ccc(-n2c(C(C)N(CCS(=O)(=O)CC)C(=O)Cc3ccc(F)c(C(F)(F)F)c3)nc3ncccc3c2=O)cc1. The second kappa shape index (κ2) is 15.3. The molecule has 0 N–H and O–H groups in total. The van der Waals surface area contributed by atoms with E-state index in [4.69, 9.17) is 4.74 Å². The monoisotopic (exact) mass is 664 g/mol.